The summed E-state index contributed by atoms with van der Waals surface area (Å²) in [6.07, 6.45) is 7.68. The van der Waals surface area contributed by atoms with Crippen molar-refractivity contribution in [3.63, 3.8) is 0 Å². The van der Waals surface area contributed by atoms with Crippen LogP contribution in [-0.4, -0.2) is 39.1 Å². The van der Waals surface area contributed by atoms with Crippen LogP contribution in [0, 0.1) is 0 Å². The van der Waals surface area contributed by atoms with Crippen molar-refractivity contribution < 1.29 is 0 Å². The Morgan fingerprint density at radius 1 is 1.30 bits per heavy atom. The highest BCUT2D eigenvalue weighted by Gasteiger charge is 2.10. The van der Waals surface area contributed by atoms with Gasteiger partial charge in [0.15, 0.2) is 5.96 Å². The number of aliphatic imine (C=N–C) groups is 1. The molecule has 0 unspecified atom stereocenters. The molecular formula is C20H25BrN6. The van der Waals surface area contributed by atoms with E-state index in [0.717, 1.165) is 30.1 Å². The zero-order chi connectivity index (χ0) is 19.2. The SMILES string of the molecule is CN=C(NCc1cccc(Cn2ccnc2)c1)N(C)Cc1cc(Br)cn1C. The Morgan fingerprint density at radius 3 is 2.78 bits per heavy atom. The van der Waals surface area contributed by atoms with Crippen LogP contribution >= 0.6 is 15.9 Å². The van der Waals surface area contributed by atoms with Crippen LogP contribution < -0.4 is 5.32 Å². The number of aromatic nitrogens is 3. The summed E-state index contributed by atoms with van der Waals surface area (Å²) in [6, 6.07) is 10.7. The van der Waals surface area contributed by atoms with Crippen LogP contribution in [0.2, 0.25) is 0 Å². The number of imidazole rings is 1. The minimum Gasteiger partial charge on any atom is -0.352 e. The van der Waals surface area contributed by atoms with Gasteiger partial charge in [0.2, 0.25) is 0 Å². The Balaban J connectivity index is 1.59. The molecule has 6 nitrogen and oxygen atoms in total. The largest absolute Gasteiger partial charge is 0.352 e. The van der Waals surface area contributed by atoms with Gasteiger partial charge < -0.3 is 19.4 Å². The van der Waals surface area contributed by atoms with E-state index in [0.29, 0.717) is 0 Å². The molecule has 0 saturated carbocycles. The van der Waals surface area contributed by atoms with Crippen molar-refractivity contribution in [2.75, 3.05) is 14.1 Å². The van der Waals surface area contributed by atoms with Crippen molar-refractivity contribution in [1.29, 1.82) is 0 Å². The maximum Gasteiger partial charge on any atom is 0.194 e. The summed E-state index contributed by atoms with van der Waals surface area (Å²) in [7, 11) is 5.91. The van der Waals surface area contributed by atoms with E-state index in [1.54, 1.807) is 6.20 Å². The molecule has 0 aliphatic heterocycles. The summed E-state index contributed by atoms with van der Waals surface area (Å²) in [5, 5.41) is 3.45. The quantitative estimate of drug-likeness (QED) is 0.484. The predicted molar refractivity (Wildman–Crippen MR) is 113 cm³/mol. The fourth-order valence-electron chi connectivity index (χ4n) is 3.04. The minimum atomic E-state index is 0.728. The monoisotopic (exact) mass is 428 g/mol. The lowest BCUT2D eigenvalue weighted by Gasteiger charge is -2.22. The molecular weight excluding hydrogens is 404 g/mol. The van der Waals surface area contributed by atoms with Crippen molar-refractivity contribution >= 4 is 21.9 Å². The van der Waals surface area contributed by atoms with Crippen molar-refractivity contribution in [2.24, 2.45) is 12.0 Å². The first-order valence-corrected chi connectivity index (χ1v) is 9.60. The standard InChI is InChI=1S/C20H25BrN6/c1-22-20(26(3)14-19-10-18(21)13-25(19)2)24-11-16-5-4-6-17(9-16)12-27-8-7-23-15-27/h4-10,13,15H,11-12,14H2,1-3H3,(H,22,24). The Labute approximate surface area is 168 Å². The van der Waals surface area contributed by atoms with Crippen LogP contribution in [0.3, 0.4) is 0 Å². The molecule has 0 fully saturated rings. The molecule has 0 bridgehead atoms. The first kappa shape index (κ1) is 19.2. The highest BCUT2D eigenvalue weighted by molar-refractivity contribution is 9.10. The lowest BCUT2D eigenvalue weighted by atomic mass is 10.1. The summed E-state index contributed by atoms with van der Waals surface area (Å²) >= 11 is 3.53. The first-order valence-electron chi connectivity index (χ1n) is 8.81. The molecule has 27 heavy (non-hydrogen) atoms. The molecule has 7 heteroatoms. The second kappa shape index (κ2) is 8.90. The van der Waals surface area contributed by atoms with Crippen molar-refractivity contribution in [1.82, 2.24) is 24.3 Å². The van der Waals surface area contributed by atoms with Gasteiger partial charge in [0.1, 0.15) is 0 Å². The molecule has 3 aromatic rings. The molecule has 0 spiro atoms. The third-order valence-corrected chi connectivity index (χ3v) is 4.85. The third-order valence-electron chi connectivity index (χ3n) is 4.41. The summed E-state index contributed by atoms with van der Waals surface area (Å²) in [6.45, 7) is 2.33. The zero-order valence-electron chi connectivity index (χ0n) is 15.9. The van der Waals surface area contributed by atoms with Gasteiger partial charge in [0.25, 0.3) is 0 Å². The zero-order valence-corrected chi connectivity index (χ0v) is 17.5. The van der Waals surface area contributed by atoms with E-state index in [-0.39, 0.29) is 0 Å². The van der Waals surface area contributed by atoms with Crippen LogP contribution in [0.1, 0.15) is 16.8 Å². The lowest BCUT2D eigenvalue weighted by molar-refractivity contribution is 0.461. The number of benzene rings is 1. The summed E-state index contributed by atoms with van der Waals surface area (Å²) in [4.78, 5) is 10.6. The number of guanidine groups is 1. The topological polar surface area (TPSA) is 50.4 Å². The number of aryl methyl sites for hydroxylation is 1. The van der Waals surface area contributed by atoms with Crippen LogP contribution in [0.15, 0.2) is 64.7 Å². The van der Waals surface area contributed by atoms with Crippen LogP contribution in [-0.2, 0) is 26.7 Å². The number of nitrogens with zero attached hydrogens (tertiary/aromatic N) is 5. The maximum absolute atomic E-state index is 4.42. The normalized spacial score (nSPS) is 11.6. The molecule has 1 aromatic carbocycles. The lowest BCUT2D eigenvalue weighted by Crippen LogP contribution is -2.38. The molecule has 0 saturated heterocycles. The molecule has 2 heterocycles. The number of halogens is 1. The van der Waals surface area contributed by atoms with E-state index < -0.39 is 0 Å². The Kier molecular flexibility index (Phi) is 6.34. The summed E-state index contributed by atoms with van der Waals surface area (Å²) in [5.74, 6) is 0.868. The predicted octanol–water partition coefficient (Wildman–Crippen LogP) is 3.24. The van der Waals surface area contributed by atoms with E-state index in [1.807, 2.05) is 26.6 Å². The Morgan fingerprint density at radius 2 is 2.11 bits per heavy atom. The van der Waals surface area contributed by atoms with E-state index in [2.05, 4.69) is 88.8 Å². The summed E-state index contributed by atoms with van der Waals surface area (Å²) in [5.41, 5.74) is 3.70. The van der Waals surface area contributed by atoms with Crippen LogP contribution in [0.4, 0.5) is 0 Å². The van der Waals surface area contributed by atoms with Crippen molar-refractivity contribution in [3.05, 3.63) is 76.5 Å². The van der Waals surface area contributed by atoms with Gasteiger partial charge in [0.05, 0.1) is 12.9 Å². The van der Waals surface area contributed by atoms with Gasteiger partial charge in [-0.05, 0) is 33.1 Å². The highest BCUT2D eigenvalue weighted by Crippen LogP contribution is 2.15. The average molecular weight is 429 g/mol. The number of hydrogen-bond acceptors (Lipinski definition) is 2. The smallest absolute Gasteiger partial charge is 0.194 e. The molecule has 0 radical (unpaired) electrons. The van der Waals surface area contributed by atoms with Gasteiger partial charge in [-0.15, -0.1) is 0 Å². The van der Waals surface area contributed by atoms with Crippen molar-refractivity contribution in [3.8, 4) is 0 Å². The fourth-order valence-corrected chi connectivity index (χ4v) is 3.61. The molecule has 3 rings (SSSR count). The Hall–Kier alpha value is -2.54. The average Bonchev–Trinajstić information content (AvgIpc) is 3.25. The van der Waals surface area contributed by atoms with Crippen LogP contribution in [0.5, 0.6) is 0 Å². The fraction of sp³-hybridized carbons (Fsp3) is 0.300. The van der Waals surface area contributed by atoms with Gasteiger partial charge in [-0.25, -0.2) is 4.98 Å². The maximum atomic E-state index is 4.42. The van der Waals surface area contributed by atoms with E-state index in [1.165, 1.54) is 16.8 Å². The second-order valence-corrected chi connectivity index (χ2v) is 7.49. The number of rotatable bonds is 6. The van der Waals surface area contributed by atoms with E-state index in [4.69, 9.17) is 0 Å². The van der Waals surface area contributed by atoms with Gasteiger partial charge in [-0.1, -0.05) is 24.3 Å². The van der Waals surface area contributed by atoms with Crippen molar-refractivity contribution in [2.45, 2.75) is 19.6 Å². The third kappa shape index (κ3) is 5.23. The second-order valence-electron chi connectivity index (χ2n) is 6.57. The Bertz CT molecular complexity index is 897. The number of nitrogens with one attached hydrogen (secondary N) is 1. The van der Waals surface area contributed by atoms with Gasteiger partial charge in [-0.3, -0.25) is 4.99 Å². The molecule has 1 N–H and O–H groups in total. The molecule has 0 aliphatic rings. The highest BCUT2D eigenvalue weighted by atomic mass is 79.9. The van der Waals surface area contributed by atoms with E-state index in [9.17, 15) is 0 Å². The molecule has 2 aromatic heterocycles. The number of hydrogen-bond donors (Lipinski definition) is 1. The van der Waals surface area contributed by atoms with Gasteiger partial charge in [-0.2, -0.15) is 0 Å². The van der Waals surface area contributed by atoms with Gasteiger partial charge in [0, 0.05) is 63.0 Å². The van der Waals surface area contributed by atoms with Crippen LogP contribution in [0.25, 0.3) is 0 Å². The molecule has 0 amide bonds. The first-order chi connectivity index (χ1) is 13.0. The van der Waals surface area contributed by atoms with E-state index >= 15 is 0 Å². The molecule has 0 atom stereocenters. The van der Waals surface area contributed by atoms with Gasteiger partial charge >= 0.3 is 0 Å². The molecule has 142 valence electrons. The minimum absolute atomic E-state index is 0.728. The molecule has 0 aliphatic carbocycles. The summed E-state index contributed by atoms with van der Waals surface area (Å²) < 4.78 is 5.27.